The molecule has 0 aromatic rings. The molecular formula is C17H22N2O8. The van der Waals surface area contributed by atoms with Crippen molar-refractivity contribution < 1.29 is 38.1 Å². The van der Waals surface area contributed by atoms with Gasteiger partial charge in [0.1, 0.15) is 12.7 Å². The predicted molar refractivity (Wildman–Crippen MR) is 86.2 cm³/mol. The van der Waals surface area contributed by atoms with Crippen LogP contribution in [0.2, 0.25) is 0 Å². The molecule has 10 nitrogen and oxygen atoms in total. The molecule has 10 heteroatoms. The Labute approximate surface area is 156 Å². The molecule has 1 saturated heterocycles. The number of nitriles is 2. The average molecular weight is 382 g/mol. The lowest BCUT2D eigenvalue weighted by Gasteiger charge is -2.45. The van der Waals surface area contributed by atoms with Crippen molar-refractivity contribution in [3.05, 3.63) is 0 Å². The van der Waals surface area contributed by atoms with Crippen molar-refractivity contribution in [2.45, 2.75) is 51.8 Å². The summed E-state index contributed by atoms with van der Waals surface area (Å²) in [6.07, 6.45) is -4.52. The fraction of sp³-hybridized carbons (Fsp3) is 0.706. The topological polar surface area (TPSA) is 145 Å². The monoisotopic (exact) mass is 382 g/mol. The van der Waals surface area contributed by atoms with E-state index in [2.05, 4.69) is 0 Å². The minimum absolute atomic E-state index is 0.177. The average Bonchev–Trinajstić information content (AvgIpc) is 2.59. The maximum Gasteiger partial charge on any atom is 0.303 e. The molecular weight excluding hydrogens is 360 g/mol. The highest BCUT2D eigenvalue weighted by Crippen LogP contribution is 2.37. The summed E-state index contributed by atoms with van der Waals surface area (Å²) in [4.78, 5) is 34.4. The number of ether oxygens (including phenoxy) is 5. The smallest absolute Gasteiger partial charge is 0.303 e. The van der Waals surface area contributed by atoms with Crippen LogP contribution in [0.15, 0.2) is 0 Å². The molecule has 1 fully saturated rings. The number of methoxy groups -OCH3 is 1. The molecule has 1 rings (SSSR count). The van der Waals surface area contributed by atoms with Gasteiger partial charge in [-0.3, -0.25) is 14.4 Å². The Morgan fingerprint density at radius 1 is 1.04 bits per heavy atom. The summed E-state index contributed by atoms with van der Waals surface area (Å²) in [5.41, 5.74) is 0. The van der Waals surface area contributed by atoms with Gasteiger partial charge in [-0.05, 0) is 0 Å². The lowest BCUT2D eigenvalue weighted by atomic mass is 9.80. The first-order chi connectivity index (χ1) is 12.7. The third-order valence-corrected chi connectivity index (χ3v) is 3.92. The van der Waals surface area contributed by atoms with Gasteiger partial charge >= 0.3 is 17.9 Å². The molecule has 0 aliphatic carbocycles. The van der Waals surface area contributed by atoms with E-state index in [1.807, 2.05) is 12.1 Å². The summed E-state index contributed by atoms with van der Waals surface area (Å²) in [7, 11) is 1.32. The van der Waals surface area contributed by atoms with Gasteiger partial charge in [0.15, 0.2) is 18.5 Å². The van der Waals surface area contributed by atoms with Gasteiger partial charge in [-0.1, -0.05) is 0 Å². The highest BCUT2D eigenvalue weighted by atomic mass is 16.7. The van der Waals surface area contributed by atoms with Crippen LogP contribution in [0.25, 0.3) is 0 Å². The molecule has 0 amide bonds. The first kappa shape index (κ1) is 22.4. The summed E-state index contributed by atoms with van der Waals surface area (Å²) in [5, 5.41) is 18.5. The normalized spacial score (nSPS) is 28.1. The molecule has 0 spiro atoms. The molecule has 6 atom stereocenters. The first-order valence-corrected chi connectivity index (χ1v) is 8.17. The second-order valence-corrected chi connectivity index (χ2v) is 5.90. The number of rotatable bonds is 7. The Kier molecular flexibility index (Phi) is 8.66. The molecule has 1 heterocycles. The van der Waals surface area contributed by atoms with Gasteiger partial charge in [0.05, 0.1) is 30.4 Å². The summed E-state index contributed by atoms with van der Waals surface area (Å²) in [6.45, 7) is 3.23. The quantitative estimate of drug-likeness (QED) is 0.449. The van der Waals surface area contributed by atoms with E-state index < -0.39 is 54.3 Å². The minimum atomic E-state index is -1.16. The van der Waals surface area contributed by atoms with Gasteiger partial charge in [0.25, 0.3) is 0 Å². The molecule has 148 valence electrons. The second-order valence-electron chi connectivity index (χ2n) is 5.90. The van der Waals surface area contributed by atoms with E-state index in [0.717, 1.165) is 13.8 Å². The molecule has 27 heavy (non-hydrogen) atoms. The largest absolute Gasteiger partial charge is 0.463 e. The number of carbonyl (C=O) groups is 3. The van der Waals surface area contributed by atoms with Crippen molar-refractivity contribution in [3.63, 3.8) is 0 Å². The highest BCUT2D eigenvalue weighted by Gasteiger charge is 2.53. The number of hydrogen-bond acceptors (Lipinski definition) is 10. The summed E-state index contributed by atoms with van der Waals surface area (Å²) in [6, 6.07) is 3.87. The van der Waals surface area contributed by atoms with Crippen LogP contribution >= 0.6 is 0 Å². The fourth-order valence-corrected chi connectivity index (χ4v) is 2.93. The molecule has 1 aliphatic rings. The molecule has 0 radical (unpaired) electrons. The van der Waals surface area contributed by atoms with Gasteiger partial charge in [-0.2, -0.15) is 10.5 Å². The maximum absolute atomic E-state index is 11.6. The van der Waals surface area contributed by atoms with Crippen molar-refractivity contribution in [1.29, 1.82) is 10.5 Å². The Hall–Kier alpha value is -2.69. The third kappa shape index (κ3) is 6.20. The van der Waals surface area contributed by atoms with Crippen molar-refractivity contribution in [3.8, 4) is 12.1 Å². The van der Waals surface area contributed by atoms with Gasteiger partial charge in [0.2, 0.25) is 0 Å². The Morgan fingerprint density at radius 2 is 1.63 bits per heavy atom. The Morgan fingerprint density at radius 3 is 2.07 bits per heavy atom. The van der Waals surface area contributed by atoms with E-state index >= 15 is 0 Å². The summed E-state index contributed by atoms with van der Waals surface area (Å²) in [5.74, 6) is -3.77. The first-order valence-electron chi connectivity index (χ1n) is 8.17. The van der Waals surface area contributed by atoms with E-state index in [-0.39, 0.29) is 13.0 Å². The third-order valence-electron chi connectivity index (χ3n) is 3.92. The van der Waals surface area contributed by atoms with Crippen LogP contribution in [-0.4, -0.2) is 56.2 Å². The highest BCUT2D eigenvalue weighted by molar-refractivity contribution is 5.67. The van der Waals surface area contributed by atoms with E-state index in [1.54, 1.807) is 0 Å². The SMILES string of the molecule is CO[C@H]1O[C@H](COC(C)=O)[C@H](OC(C)=O)[C@H](OC(C)=O)[C@H]1C(C#N)CC#N. The fourth-order valence-electron chi connectivity index (χ4n) is 2.93. The van der Waals surface area contributed by atoms with Gasteiger partial charge in [-0.25, -0.2) is 0 Å². The standard InChI is InChI=1S/C17H22N2O8/c1-9(20)24-8-13-15(25-10(2)21)16(26-11(3)22)14(17(23-4)27-13)12(7-19)5-6-18/h12-17H,5,8H2,1-4H3/t12?,13-,14-,15+,16-,17+/m1/s1. The zero-order valence-electron chi connectivity index (χ0n) is 15.5. The minimum Gasteiger partial charge on any atom is -0.463 e. The zero-order chi connectivity index (χ0) is 20.6. The van der Waals surface area contributed by atoms with Crippen molar-refractivity contribution >= 4 is 17.9 Å². The Bertz CT molecular complexity index is 638. The van der Waals surface area contributed by atoms with E-state index in [1.165, 1.54) is 14.0 Å². The van der Waals surface area contributed by atoms with Crippen molar-refractivity contribution in [2.24, 2.45) is 11.8 Å². The van der Waals surface area contributed by atoms with Crippen LogP contribution < -0.4 is 0 Å². The second kappa shape index (κ2) is 10.5. The van der Waals surface area contributed by atoms with Gasteiger partial charge in [-0.15, -0.1) is 0 Å². The van der Waals surface area contributed by atoms with Gasteiger partial charge < -0.3 is 23.7 Å². The van der Waals surface area contributed by atoms with Crippen molar-refractivity contribution in [2.75, 3.05) is 13.7 Å². The van der Waals surface area contributed by atoms with Crippen molar-refractivity contribution in [1.82, 2.24) is 0 Å². The van der Waals surface area contributed by atoms with Crippen LogP contribution in [0.1, 0.15) is 27.2 Å². The van der Waals surface area contributed by atoms with E-state index in [0.29, 0.717) is 0 Å². The molecule has 0 bridgehead atoms. The number of nitrogens with zero attached hydrogens (tertiary/aromatic N) is 2. The number of hydrogen-bond donors (Lipinski definition) is 0. The zero-order valence-corrected chi connectivity index (χ0v) is 15.5. The molecule has 0 saturated carbocycles. The van der Waals surface area contributed by atoms with E-state index in [4.69, 9.17) is 28.9 Å². The summed E-state index contributed by atoms with van der Waals surface area (Å²) < 4.78 is 26.5. The lowest BCUT2D eigenvalue weighted by Crippen LogP contribution is -2.60. The lowest BCUT2D eigenvalue weighted by molar-refractivity contribution is -0.290. The van der Waals surface area contributed by atoms with Crippen LogP contribution in [0.3, 0.4) is 0 Å². The number of esters is 3. The van der Waals surface area contributed by atoms with Crippen LogP contribution in [0.4, 0.5) is 0 Å². The Balaban J connectivity index is 3.33. The molecule has 1 aliphatic heterocycles. The molecule has 0 aromatic heterocycles. The predicted octanol–water partition coefficient (Wildman–Crippen LogP) is 0.454. The maximum atomic E-state index is 11.6. The van der Waals surface area contributed by atoms with E-state index in [9.17, 15) is 19.6 Å². The van der Waals surface area contributed by atoms with Crippen LogP contribution in [0.5, 0.6) is 0 Å². The molecule has 0 N–H and O–H groups in total. The van der Waals surface area contributed by atoms with Crippen LogP contribution in [-0.2, 0) is 38.1 Å². The summed E-state index contributed by atoms with van der Waals surface area (Å²) >= 11 is 0. The molecule has 1 unspecified atom stereocenters. The number of carbonyl (C=O) groups excluding carboxylic acids is 3. The molecule has 0 aromatic carbocycles. The van der Waals surface area contributed by atoms with Gasteiger partial charge in [0, 0.05) is 27.9 Å². The van der Waals surface area contributed by atoms with Crippen LogP contribution in [0, 0.1) is 34.5 Å².